The van der Waals surface area contributed by atoms with E-state index in [1.807, 2.05) is 31.2 Å². The molecular weight excluding hydrogens is 746 g/mol. The summed E-state index contributed by atoms with van der Waals surface area (Å²) in [5.74, 6) is 1.90. The van der Waals surface area contributed by atoms with Gasteiger partial charge in [0.2, 0.25) is 0 Å². The summed E-state index contributed by atoms with van der Waals surface area (Å²) in [4.78, 5) is 38.2. The number of methoxy groups -OCH3 is 2. The Balaban J connectivity index is 1.19. The highest BCUT2D eigenvalue weighted by molar-refractivity contribution is 6.32. The van der Waals surface area contributed by atoms with Gasteiger partial charge in [-0.1, -0.05) is 30.7 Å². The van der Waals surface area contributed by atoms with Gasteiger partial charge in [-0.2, -0.15) is 5.10 Å². The molecule has 13 nitrogen and oxygen atoms in total. The number of ether oxygens (including phenoxy) is 4. The van der Waals surface area contributed by atoms with Crippen LogP contribution in [0.1, 0.15) is 44.4 Å². The molecule has 6 rings (SSSR count). The second kappa shape index (κ2) is 20.3. The van der Waals surface area contributed by atoms with Gasteiger partial charge in [-0.3, -0.25) is 19.5 Å². The zero-order chi connectivity index (χ0) is 40.1. The molecule has 2 aromatic heterocycles. The molecule has 2 amide bonds. The third-order valence-corrected chi connectivity index (χ3v) is 10.5. The number of halogens is 1. The summed E-state index contributed by atoms with van der Waals surface area (Å²) in [7, 11) is 3.18. The minimum Gasteiger partial charge on any atom is -0.495 e. The molecule has 2 aliphatic rings. The van der Waals surface area contributed by atoms with Crippen LogP contribution in [0.2, 0.25) is 5.02 Å². The summed E-state index contributed by atoms with van der Waals surface area (Å²) in [5.41, 5.74) is 3.03. The van der Waals surface area contributed by atoms with Crippen LogP contribution in [0.3, 0.4) is 0 Å². The maximum absolute atomic E-state index is 14.1. The second-order valence-corrected chi connectivity index (χ2v) is 14.3. The lowest BCUT2D eigenvalue weighted by Gasteiger charge is -2.36. The number of hydrogen-bond acceptors (Lipinski definition) is 11. The number of pyridine rings is 1. The van der Waals surface area contributed by atoms with Crippen molar-refractivity contribution in [2.45, 2.75) is 39.5 Å². The molecule has 2 saturated heterocycles. The Hall–Kier alpha value is -5.24. The molecule has 4 heterocycles. The van der Waals surface area contributed by atoms with E-state index in [1.54, 1.807) is 61.7 Å². The highest BCUT2D eigenvalue weighted by Gasteiger charge is 2.29. The van der Waals surface area contributed by atoms with Crippen molar-refractivity contribution < 1.29 is 28.5 Å². The topological polar surface area (TPSA) is 131 Å². The second-order valence-electron chi connectivity index (χ2n) is 13.9. The summed E-state index contributed by atoms with van der Waals surface area (Å²) in [6.07, 6.45) is 10.1. The largest absolute Gasteiger partial charge is 0.495 e. The maximum atomic E-state index is 14.1. The lowest BCUT2D eigenvalue weighted by atomic mass is 10.0. The van der Waals surface area contributed by atoms with Gasteiger partial charge in [0, 0.05) is 85.7 Å². The van der Waals surface area contributed by atoms with Gasteiger partial charge in [-0.15, -0.1) is 5.10 Å². The minimum atomic E-state index is -0.391. The van der Waals surface area contributed by atoms with Gasteiger partial charge in [-0.25, -0.2) is 0 Å². The van der Waals surface area contributed by atoms with Crippen molar-refractivity contribution in [2.75, 3.05) is 90.1 Å². The van der Waals surface area contributed by atoms with E-state index in [9.17, 15) is 9.59 Å². The smallest absolute Gasteiger partial charge is 0.256 e. The molecule has 4 aromatic rings. The number of benzene rings is 2. The monoisotopic (exact) mass is 797 g/mol. The molecule has 0 aliphatic carbocycles. The molecule has 0 spiro atoms. The zero-order valence-electron chi connectivity index (χ0n) is 33.3. The first-order chi connectivity index (χ1) is 27.8. The zero-order valence-corrected chi connectivity index (χ0v) is 34.0. The van der Waals surface area contributed by atoms with E-state index in [2.05, 4.69) is 20.1 Å². The summed E-state index contributed by atoms with van der Waals surface area (Å²) >= 11 is 6.31. The number of piperazine rings is 1. The Morgan fingerprint density at radius 3 is 2.30 bits per heavy atom. The number of carbonyl (C=O) groups is 2. The average Bonchev–Trinajstić information content (AvgIpc) is 3.24. The first-order valence-corrected chi connectivity index (χ1v) is 20.0. The molecule has 0 bridgehead atoms. The highest BCUT2D eigenvalue weighted by atomic mass is 35.5. The fourth-order valence-electron chi connectivity index (χ4n) is 7.13. The number of unbranched alkanes of at least 4 members (excludes halogenated alkanes) is 1. The van der Waals surface area contributed by atoms with Crippen molar-refractivity contribution in [3.8, 4) is 17.2 Å². The van der Waals surface area contributed by atoms with E-state index >= 15 is 0 Å². The summed E-state index contributed by atoms with van der Waals surface area (Å²) in [6, 6.07) is 13.0. The van der Waals surface area contributed by atoms with Crippen molar-refractivity contribution in [3.63, 3.8) is 0 Å². The molecule has 0 saturated carbocycles. The molecule has 0 unspecified atom stereocenters. The fourth-order valence-corrected chi connectivity index (χ4v) is 7.39. The van der Waals surface area contributed by atoms with Crippen LogP contribution in [0.25, 0.3) is 10.8 Å². The number of nitrogens with zero attached hydrogens (tertiary/aromatic N) is 6. The molecule has 2 fully saturated rings. The van der Waals surface area contributed by atoms with Gasteiger partial charge < -0.3 is 34.1 Å². The molecule has 0 atom stereocenters. The summed E-state index contributed by atoms with van der Waals surface area (Å²) < 4.78 is 23.0. The quantitative estimate of drug-likeness (QED) is 0.0774. The Morgan fingerprint density at radius 2 is 1.61 bits per heavy atom. The van der Waals surface area contributed by atoms with Crippen LogP contribution in [0.15, 0.2) is 78.2 Å². The van der Waals surface area contributed by atoms with Crippen LogP contribution >= 0.6 is 11.6 Å². The third kappa shape index (κ3) is 10.4. The molecule has 302 valence electrons. The lowest BCUT2D eigenvalue weighted by Crippen LogP contribution is -2.49. The number of aromatic nitrogens is 3. The van der Waals surface area contributed by atoms with Gasteiger partial charge >= 0.3 is 0 Å². The van der Waals surface area contributed by atoms with Crippen LogP contribution in [-0.2, 0) is 20.7 Å². The van der Waals surface area contributed by atoms with Crippen LogP contribution in [0, 0.1) is 0 Å². The van der Waals surface area contributed by atoms with Gasteiger partial charge in [0.25, 0.3) is 11.8 Å². The van der Waals surface area contributed by atoms with Gasteiger partial charge in [0.1, 0.15) is 5.75 Å². The number of allylic oxidation sites excluding steroid dienone is 2. The number of carbonyl (C=O) groups excluding carboxylic acids is 2. The third-order valence-electron chi connectivity index (χ3n) is 10.2. The molecule has 14 heteroatoms. The highest BCUT2D eigenvalue weighted by Crippen LogP contribution is 2.38. The molecule has 2 aliphatic heterocycles. The number of hydrogen-bond donors (Lipinski definition) is 1. The van der Waals surface area contributed by atoms with Crippen molar-refractivity contribution >= 4 is 45.7 Å². The Labute approximate surface area is 339 Å². The van der Waals surface area contributed by atoms with Gasteiger partial charge in [-0.05, 0) is 80.8 Å². The van der Waals surface area contributed by atoms with Crippen LogP contribution in [0.5, 0.6) is 17.2 Å². The maximum Gasteiger partial charge on any atom is 0.256 e. The molecular formula is C43H52ClN7O6. The van der Waals surface area contributed by atoms with E-state index in [1.165, 1.54) is 7.11 Å². The Morgan fingerprint density at radius 1 is 0.877 bits per heavy atom. The van der Waals surface area contributed by atoms with E-state index in [-0.39, 0.29) is 5.91 Å². The standard InChI is InChI=1S/C43H52ClN7O6/c1-5-9-33(42(52)46-31-10-11-38(54-3)36(44)27-31)32(6-2)43(53)51-19-17-50(18-20-51)41-35-29-40(57-23-8-7-16-49-21-24-56-25-22-49)39(55-4)28-34(35)37(47-48-41)26-30-12-14-45-15-13-30/h6,9-15,27-29H,5,7-8,16-26H2,1-4H3,(H,46,52)/b32-6+,33-9+. The lowest BCUT2D eigenvalue weighted by molar-refractivity contribution is -0.127. The van der Waals surface area contributed by atoms with Crippen molar-refractivity contribution in [1.29, 1.82) is 0 Å². The number of rotatable bonds is 16. The van der Waals surface area contributed by atoms with Gasteiger partial charge in [0.15, 0.2) is 17.3 Å². The number of morpholine rings is 1. The Bertz CT molecular complexity index is 2060. The van der Waals surface area contributed by atoms with E-state index in [4.69, 9.17) is 40.7 Å². The molecule has 57 heavy (non-hydrogen) atoms. The van der Waals surface area contributed by atoms with Gasteiger partial charge in [0.05, 0.1) is 44.8 Å². The SMILES string of the molecule is C/C=C(C(=O)N1CCN(c2nnc(Cc3ccncc3)c3cc(OC)c(OCCCCN4CCOCC4)cc23)CC1)\C(=C/CC)C(=O)Nc1ccc(OC)c(Cl)c1. The average molecular weight is 798 g/mol. The number of amides is 2. The van der Waals surface area contributed by atoms with E-state index < -0.39 is 5.91 Å². The molecule has 2 aromatic carbocycles. The van der Waals surface area contributed by atoms with Crippen molar-refractivity contribution in [3.05, 3.63) is 94.4 Å². The number of anilines is 2. The first-order valence-electron chi connectivity index (χ1n) is 19.6. The predicted octanol–water partition coefficient (Wildman–Crippen LogP) is 6.35. The normalized spacial score (nSPS) is 15.5. The summed E-state index contributed by atoms with van der Waals surface area (Å²) in [5, 5.41) is 14.6. The van der Waals surface area contributed by atoms with E-state index in [0.717, 1.165) is 67.7 Å². The Kier molecular flexibility index (Phi) is 14.7. The summed E-state index contributed by atoms with van der Waals surface area (Å²) in [6.45, 7) is 10.7. The van der Waals surface area contributed by atoms with E-state index in [0.29, 0.717) is 90.6 Å². The molecule has 0 radical (unpaired) electrons. The fraction of sp³-hybridized carbons (Fsp3) is 0.419. The van der Waals surface area contributed by atoms with Crippen LogP contribution in [-0.4, -0.2) is 117 Å². The van der Waals surface area contributed by atoms with Crippen molar-refractivity contribution in [1.82, 2.24) is 25.0 Å². The minimum absolute atomic E-state index is 0.211. The predicted molar refractivity (Wildman–Crippen MR) is 223 cm³/mol. The van der Waals surface area contributed by atoms with Crippen LogP contribution < -0.4 is 24.4 Å². The number of fused-ring (bicyclic) bond motifs is 1. The first kappa shape index (κ1) is 41.4. The molecule has 1 N–H and O–H groups in total. The van der Waals surface area contributed by atoms with Crippen LogP contribution in [0.4, 0.5) is 11.5 Å². The number of nitrogens with one attached hydrogen (secondary N) is 1. The van der Waals surface area contributed by atoms with Crippen molar-refractivity contribution in [2.24, 2.45) is 0 Å².